The number of ether oxygens (including phenoxy) is 1. The number of fused-ring (bicyclic) bond motifs is 2. The normalized spacial score (nSPS) is 26.8. The minimum Gasteiger partial charge on any atom is -0.384 e. The summed E-state index contributed by atoms with van der Waals surface area (Å²) in [6.07, 6.45) is 0.939. The van der Waals surface area contributed by atoms with Gasteiger partial charge in [-0.3, -0.25) is 10.1 Å². The minimum absolute atomic E-state index is 0.0403. The van der Waals surface area contributed by atoms with Gasteiger partial charge in [0, 0.05) is 36.4 Å². The number of nitrogens with zero attached hydrogens (tertiary/aromatic N) is 1. The molecule has 2 heterocycles. The molecule has 5 nitrogen and oxygen atoms in total. The molecule has 0 aliphatic carbocycles. The van der Waals surface area contributed by atoms with Crippen molar-refractivity contribution in [3.05, 3.63) is 33.9 Å². The lowest BCUT2D eigenvalue weighted by Gasteiger charge is -2.20. The molecule has 1 aromatic carbocycles. The van der Waals surface area contributed by atoms with E-state index >= 15 is 0 Å². The zero-order valence-electron chi connectivity index (χ0n) is 8.73. The summed E-state index contributed by atoms with van der Waals surface area (Å²) >= 11 is 0. The molecule has 84 valence electrons. The summed E-state index contributed by atoms with van der Waals surface area (Å²) in [4.78, 5) is 10.4. The van der Waals surface area contributed by atoms with E-state index in [0.717, 1.165) is 30.8 Å². The summed E-state index contributed by atoms with van der Waals surface area (Å²) in [6.45, 7) is 2.22. The number of hydrogen-bond acceptors (Lipinski definition) is 4. The van der Waals surface area contributed by atoms with Gasteiger partial charge in [0.25, 0.3) is 5.69 Å². The lowest BCUT2D eigenvalue weighted by atomic mass is 9.82. The van der Waals surface area contributed by atoms with Gasteiger partial charge in [0.2, 0.25) is 0 Å². The number of benzene rings is 1. The highest BCUT2D eigenvalue weighted by Crippen LogP contribution is 2.43. The Kier molecular flexibility index (Phi) is 1.91. The number of rotatable bonds is 1. The van der Waals surface area contributed by atoms with Crippen molar-refractivity contribution in [2.45, 2.75) is 11.8 Å². The molecule has 1 aromatic rings. The Hall–Kier alpha value is -1.62. The predicted molar refractivity (Wildman–Crippen MR) is 58.7 cm³/mol. The molecule has 0 bridgehead atoms. The van der Waals surface area contributed by atoms with Gasteiger partial charge in [0.05, 0.1) is 11.5 Å². The van der Waals surface area contributed by atoms with Gasteiger partial charge in [-0.2, -0.15) is 0 Å². The van der Waals surface area contributed by atoms with Crippen molar-refractivity contribution in [2.24, 2.45) is 0 Å². The third-order valence-electron chi connectivity index (χ3n) is 3.51. The van der Waals surface area contributed by atoms with Gasteiger partial charge in [0.15, 0.2) is 0 Å². The molecule has 1 unspecified atom stereocenters. The van der Waals surface area contributed by atoms with E-state index in [0.29, 0.717) is 6.61 Å². The van der Waals surface area contributed by atoms with Gasteiger partial charge in [0.1, 0.15) is 0 Å². The Morgan fingerprint density at radius 2 is 2.38 bits per heavy atom. The van der Waals surface area contributed by atoms with Crippen molar-refractivity contribution in [2.75, 3.05) is 25.1 Å². The van der Waals surface area contributed by atoms with Crippen LogP contribution in [0, 0.1) is 10.1 Å². The number of anilines is 1. The average molecular weight is 220 g/mol. The first-order valence-electron chi connectivity index (χ1n) is 5.32. The zero-order chi connectivity index (χ0) is 11.2. The maximum Gasteiger partial charge on any atom is 0.269 e. The van der Waals surface area contributed by atoms with Crippen molar-refractivity contribution < 1.29 is 9.66 Å². The Balaban J connectivity index is 2.09. The second kappa shape index (κ2) is 3.18. The van der Waals surface area contributed by atoms with Crippen LogP contribution in [-0.4, -0.2) is 24.7 Å². The van der Waals surface area contributed by atoms with Crippen LogP contribution < -0.4 is 5.32 Å². The highest BCUT2D eigenvalue weighted by molar-refractivity contribution is 5.64. The largest absolute Gasteiger partial charge is 0.384 e. The Morgan fingerprint density at radius 1 is 1.50 bits per heavy atom. The molecule has 2 aliphatic heterocycles. The van der Waals surface area contributed by atoms with Gasteiger partial charge in [-0.05, 0) is 18.1 Å². The lowest BCUT2D eigenvalue weighted by molar-refractivity contribution is -0.384. The van der Waals surface area contributed by atoms with Crippen molar-refractivity contribution >= 4 is 11.4 Å². The van der Waals surface area contributed by atoms with E-state index in [4.69, 9.17) is 4.74 Å². The molecule has 1 spiro atoms. The third-order valence-corrected chi connectivity index (χ3v) is 3.51. The topological polar surface area (TPSA) is 64.4 Å². The number of nitro benzene ring substituents is 1. The summed E-state index contributed by atoms with van der Waals surface area (Å²) < 4.78 is 5.43. The molecular weight excluding hydrogens is 208 g/mol. The van der Waals surface area contributed by atoms with Crippen LogP contribution in [0.25, 0.3) is 0 Å². The summed E-state index contributed by atoms with van der Waals surface area (Å²) in [6, 6.07) is 5.02. The van der Waals surface area contributed by atoms with Crippen molar-refractivity contribution in [3.8, 4) is 0 Å². The minimum atomic E-state index is -0.345. The fourth-order valence-corrected chi connectivity index (χ4v) is 2.56. The highest BCUT2D eigenvalue weighted by Gasteiger charge is 2.42. The Bertz CT molecular complexity index is 453. The Labute approximate surface area is 92.6 Å². The number of hydrogen-bond donors (Lipinski definition) is 1. The van der Waals surface area contributed by atoms with E-state index in [1.807, 2.05) is 0 Å². The first-order valence-corrected chi connectivity index (χ1v) is 5.32. The van der Waals surface area contributed by atoms with Crippen LogP contribution in [0.5, 0.6) is 0 Å². The van der Waals surface area contributed by atoms with Crippen LogP contribution in [0.1, 0.15) is 12.0 Å². The van der Waals surface area contributed by atoms with Crippen LogP contribution in [-0.2, 0) is 10.2 Å². The second-order valence-electron chi connectivity index (χ2n) is 4.42. The van der Waals surface area contributed by atoms with Gasteiger partial charge >= 0.3 is 0 Å². The van der Waals surface area contributed by atoms with Crippen molar-refractivity contribution in [3.63, 3.8) is 0 Å². The van der Waals surface area contributed by atoms with Gasteiger partial charge < -0.3 is 10.1 Å². The smallest absolute Gasteiger partial charge is 0.269 e. The van der Waals surface area contributed by atoms with E-state index in [2.05, 4.69) is 5.32 Å². The molecular formula is C11H12N2O3. The molecule has 0 aromatic heterocycles. The molecule has 1 N–H and O–H groups in total. The summed E-state index contributed by atoms with van der Waals surface area (Å²) in [5.41, 5.74) is 2.17. The van der Waals surface area contributed by atoms with Crippen LogP contribution in [0.2, 0.25) is 0 Å². The number of non-ortho nitro benzene ring substituents is 1. The molecule has 1 saturated heterocycles. The van der Waals surface area contributed by atoms with Gasteiger partial charge in [-0.15, -0.1) is 0 Å². The predicted octanol–water partition coefficient (Wildman–Crippen LogP) is 1.68. The third kappa shape index (κ3) is 1.21. The van der Waals surface area contributed by atoms with E-state index in [9.17, 15) is 10.1 Å². The fraction of sp³-hybridized carbons (Fsp3) is 0.455. The quantitative estimate of drug-likeness (QED) is 0.577. The molecule has 1 fully saturated rings. The fourth-order valence-electron chi connectivity index (χ4n) is 2.56. The number of nitrogens with one attached hydrogen (secondary N) is 1. The van der Waals surface area contributed by atoms with E-state index in [1.165, 1.54) is 0 Å². The van der Waals surface area contributed by atoms with Crippen LogP contribution in [0.3, 0.4) is 0 Å². The molecule has 0 amide bonds. The van der Waals surface area contributed by atoms with Crippen LogP contribution >= 0.6 is 0 Å². The van der Waals surface area contributed by atoms with E-state index < -0.39 is 0 Å². The van der Waals surface area contributed by atoms with Crippen molar-refractivity contribution in [1.82, 2.24) is 0 Å². The molecule has 1 atom stereocenters. The lowest BCUT2D eigenvalue weighted by Crippen LogP contribution is -2.28. The molecule has 0 saturated carbocycles. The molecule has 0 radical (unpaired) electrons. The van der Waals surface area contributed by atoms with Crippen LogP contribution in [0.4, 0.5) is 11.4 Å². The standard InChI is InChI=1S/C11H12N2O3/c14-13(15)8-1-2-10-9(5-8)11(6-12-10)3-4-16-7-11/h1-2,5,12H,3-4,6-7H2. The maximum absolute atomic E-state index is 10.8. The number of nitro groups is 1. The summed E-state index contributed by atoms with van der Waals surface area (Å²) in [7, 11) is 0. The molecule has 16 heavy (non-hydrogen) atoms. The highest BCUT2D eigenvalue weighted by atomic mass is 16.6. The second-order valence-corrected chi connectivity index (χ2v) is 4.42. The van der Waals surface area contributed by atoms with Crippen molar-refractivity contribution in [1.29, 1.82) is 0 Å². The van der Waals surface area contributed by atoms with E-state index in [-0.39, 0.29) is 16.0 Å². The molecule has 5 heteroatoms. The molecule has 2 aliphatic rings. The van der Waals surface area contributed by atoms with Gasteiger partial charge in [-0.25, -0.2) is 0 Å². The Morgan fingerprint density at radius 3 is 3.06 bits per heavy atom. The van der Waals surface area contributed by atoms with E-state index in [1.54, 1.807) is 18.2 Å². The monoisotopic (exact) mass is 220 g/mol. The summed E-state index contributed by atoms with van der Waals surface area (Å²) in [5.74, 6) is 0. The van der Waals surface area contributed by atoms with Crippen LogP contribution in [0.15, 0.2) is 18.2 Å². The maximum atomic E-state index is 10.8. The molecule has 3 rings (SSSR count). The average Bonchev–Trinajstić information content (AvgIpc) is 2.88. The summed E-state index contributed by atoms with van der Waals surface area (Å²) in [5, 5.41) is 14.1. The first-order chi connectivity index (χ1) is 7.71. The first kappa shape index (κ1) is 9.59. The van der Waals surface area contributed by atoms with Gasteiger partial charge in [-0.1, -0.05) is 0 Å². The SMILES string of the molecule is O=[N+]([O-])c1ccc2c(c1)C1(CCOC1)CN2. The zero-order valence-corrected chi connectivity index (χ0v) is 8.73.